The lowest BCUT2D eigenvalue weighted by Crippen LogP contribution is -2.11. The van der Waals surface area contributed by atoms with Crippen molar-refractivity contribution in [2.24, 2.45) is 0 Å². The van der Waals surface area contributed by atoms with Crippen LogP contribution in [0.2, 0.25) is 5.02 Å². The van der Waals surface area contributed by atoms with Gasteiger partial charge in [-0.25, -0.2) is 0 Å². The number of hydrogen-bond acceptors (Lipinski definition) is 4. The van der Waals surface area contributed by atoms with Gasteiger partial charge in [-0.15, -0.1) is 10.2 Å². The minimum Gasteiger partial charge on any atom is -0.296 e. The van der Waals surface area contributed by atoms with Crippen molar-refractivity contribution in [2.75, 3.05) is 5.32 Å². The summed E-state index contributed by atoms with van der Waals surface area (Å²) in [7, 11) is 0. The van der Waals surface area contributed by atoms with Crippen LogP contribution in [-0.4, -0.2) is 16.1 Å². The molecule has 2 aromatic rings. The number of nitrogens with zero attached hydrogens (tertiary/aromatic N) is 2. The van der Waals surface area contributed by atoms with E-state index in [9.17, 15) is 4.79 Å². The molecule has 110 valence electrons. The molecule has 0 atom stereocenters. The Kier molecular flexibility index (Phi) is 4.51. The molecule has 21 heavy (non-hydrogen) atoms. The summed E-state index contributed by atoms with van der Waals surface area (Å²) in [5.41, 5.74) is 0.525. The number of carbonyl (C=O) groups is 1. The molecule has 1 heterocycles. The molecule has 1 N–H and O–H groups in total. The van der Waals surface area contributed by atoms with Crippen molar-refractivity contribution in [1.29, 1.82) is 0 Å². The second kappa shape index (κ2) is 6.54. The average Bonchev–Trinajstić information content (AvgIpc) is 2.97. The van der Waals surface area contributed by atoms with Crippen LogP contribution < -0.4 is 5.32 Å². The Morgan fingerprint density at radius 1 is 1.24 bits per heavy atom. The molecule has 3 rings (SSSR count). The van der Waals surface area contributed by atoms with Crippen molar-refractivity contribution in [3.63, 3.8) is 0 Å². The lowest BCUT2D eigenvalue weighted by atomic mass is 9.90. The zero-order valence-corrected chi connectivity index (χ0v) is 13.1. The predicted octanol–water partition coefficient (Wildman–Crippen LogP) is 4.49. The number of hydrogen-bond donors (Lipinski definition) is 1. The first-order valence-electron chi connectivity index (χ1n) is 7.13. The molecule has 1 amide bonds. The van der Waals surface area contributed by atoms with Gasteiger partial charge in [0.15, 0.2) is 0 Å². The highest BCUT2D eigenvalue weighted by atomic mass is 35.5. The molecular formula is C15H16ClN3OS. The molecular weight excluding hydrogens is 306 g/mol. The molecule has 0 spiro atoms. The van der Waals surface area contributed by atoms with Crippen molar-refractivity contribution < 1.29 is 4.79 Å². The van der Waals surface area contributed by atoms with E-state index in [-0.39, 0.29) is 5.91 Å². The standard InChI is InChI=1S/C15H16ClN3OS/c16-12-8-4-7-11(9-12)13(20)17-15-19-18-14(21-15)10-5-2-1-3-6-10/h4,7-10H,1-3,5-6H2,(H,17,19,20). The monoisotopic (exact) mass is 321 g/mol. The normalized spacial score (nSPS) is 15.9. The zero-order chi connectivity index (χ0) is 14.7. The van der Waals surface area contributed by atoms with E-state index in [1.807, 2.05) is 0 Å². The molecule has 1 aromatic carbocycles. The fourth-order valence-corrected chi connectivity index (χ4v) is 3.70. The highest BCUT2D eigenvalue weighted by molar-refractivity contribution is 7.15. The summed E-state index contributed by atoms with van der Waals surface area (Å²) in [5, 5.41) is 13.2. The maximum atomic E-state index is 12.1. The average molecular weight is 322 g/mol. The molecule has 1 fully saturated rings. The van der Waals surface area contributed by atoms with Gasteiger partial charge in [0.25, 0.3) is 5.91 Å². The van der Waals surface area contributed by atoms with Crippen LogP contribution in [0.1, 0.15) is 53.4 Å². The third-order valence-corrected chi connectivity index (χ3v) is 4.94. The smallest absolute Gasteiger partial charge is 0.257 e. The summed E-state index contributed by atoms with van der Waals surface area (Å²) in [6.07, 6.45) is 6.18. The lowest BCUT2D eigenvalue weighted by Gasteiger charge is -2.18. The van der Waals surface area contributed by atoms with Crippen LogP contribution in [0.3, 0.4) is 0 Å². The van der Waals surface area contributed by atoms with Crippen molar-refractivity contribution in [2.45, 2.75) is 38.0 Å². The summed E-state index contributed by atoms with van der Waals surface area (Å²) in [4.78, 5) is 12.1. The largest absolute Gasteiger partial charge is 0.296 e. The van der Waals surface area contributed by atoms with Crippen molar-refractivity contribution in [1.82, 2.24) is 10.2 Å². The number of rotatable bonds is 3. The Bertz CT molecular complexity index is 637. The first kappa shape index (κ1) is 14.5. The molecule has 0 radical (unpaired) electrons. The first-order valence-corrected chi connectivity index (χ1v) is 8.32. The number of benzene rings is 1. The van der Waals surface area contributed by atoms with Gasteiger partial charge in [0.05, 0.1) is 0 Å². The topological polar surface area (TPSA) is 54.9 Å². The second-order valence-corrected chi connectivity index (χ2v) is 6.69. The summed E-state index contributed by atoms with van der Waals surface area (Å²) in [6, 6.07) is 6.86. The van der Waals surface area contributed by atoms with Gasteiger partial charge < -0.3 is 0 Å². The van der Waals surface area contributed by atoms with E-state index in [1.54, 1.807) is 24.3 Å². The summed E-state index contributed by atoms with van der Waals surface area (Å²) in [6.45, 7) is 0. The van der Waals surface area contributed by atoms with Crippen LogP contribution in [0.15, 0.2) is 24.3 Å². The van der Waals surface area contributed by atoms with E-state index in [2.05, 4.69) is 15.5 Å². The van der Waals surface area contributed by atoms with Gasteiger partial charge in [-0.3, -0.25) is 10.1 Å². The van der Waals surface area contributed by atoms with E-state index in [4.69, 9.17) is 11.6 Å². The molecule has 0 aliphatic heterocycles. The van der Waals surface area contributed by atoms with Gasteiger partial charge in [0, 0.05) is 16.5 Å². The minimum absolute atomic E-state index is 0.205. The molecule has 1 saturated carbocycles. The van der Waals surface area contributed by atoms with Crippen LogP contribution in [0.4, 0.5) is 5.13 Å². The maximum absolute atomic E-state index is 12.1. The fourth-order valence-electron chi connectivity index (χ4n) is 2.60. The predicted molar refractivity (Wildman–Crippen MR) is 85.1 cm³/mol. The summed E-state index contributed by atoms with van der Waals surface area (Å²) < 4.78 is 0. The van der Waals surface area contributed by atoms with Crippen LogP contribution in [0, 0.1) is 0 Å². The Labute approximate surface area is 132 Å². The Morgan fingerprint density at radius 2 is 2.05 bits per heavy atom. The quantitative estimate of drug-likeness (QED) is 0.906. The Balaban J connectivity index is 1.68. The Morgan fingerprint density at radius 3 is 2.81 bits per heavy atom. The third-order valence-electron chi connectivity index (χ3n) is 3.70. The molecule has 0 saturated heterocycles. The van der Waals surface area contributed by atoms with Gasteiger partial charge >= 0.3 is 0 Å². The van der Waals surface area contributed by atoms with Crippen molar-refractivity contribution in [3.8, 4) is 0 Å². The van der Waals surface area contributed by atoms with E-state index in [0.717, 1.165) is 5.01 Å². The number of amides is 1. The molecule has 1 aromatic heterocycles. The van der Waals surface area contributed by atoms with E-state index in [0.29, 0.717) is 21.6 Å². The van der Waals surface area contributed by atoms with E-state index < -0.39 is 0 Å². The van der Waals surface area contributed by atoms with Gasteiger partial charge in [0.2, 0.25) is 5.13 Å². The number of anilines is 1. The zero-order valence-electron chi connectivity index (χ0n) is 11.5. The number of halogens is 1. The Hall–Kier alpha value is -1.46. The fraction of sp³-hybridized carbons (Fsp3) is 0.400. The van der Waals surface area contributed by atoms with Crippen LogP contribution in [-0.2, 0) is 0 Å². The first-order chi connectivity index (χ1) is 10.2. The molecule has 6 heteroatoms. The number of nitrogens with one attached hydrogen (secondary N) is 1. The molecule has 4 nitrogen and oxygen atoms in total. The summed E-state index contributed by atoms with van der Waals surface area (Å²) >= 11 is 7.37. The number of carbonyl (C=O) groups excluding carboxylic acids is 1. The van der Waals surface area contributed by atoms with Gasteiger partial charge in [-0.1, -0.05) is 48.3 Å². The van der Waals surface area contributed by atoms with E-state index in [1.165, 1.54) is 43.4 Å². The molecule has 0 unspecified atom stereocenters. The van der Waals surface area contributed by atoms with E-state index >= 15 is 0 Å². The number of aromatic nitrogens is 2. The summed E-state index contributed by atoms with van der Waals surface area (Å²) in [5.74, 6) is 0.303. The van der Waals surface area contributed by atoms with Gasteiger partial charge in [-0.05, 0) is 31.0 Å². The SMILES string of the molecule is O=C(Nc1nnc(C2CCCCC2)s1)c1cccc(Cl)c1. The van der Waals surface area contributed by atoms with Crippen molar-refractivity contribution >= 4 is 34.0 Å². The highest BCUT2D eigenvalue weighted by Gasteiger charge is 2.20. The second-order valence-electron chi connectivity index (χ2n) is 5.24. The third kappa shape index (κ3) is 3.60. The molecule has 0 bridgehead atoms. The van der Waals surface area contributed by atoms with Crippen LogP contribution >= 0.6 is 22.9 Å². The highest BCUT2D eigenvalue weighted by Crippen LogP contribution is 2.35. The lowest BCUT2D eigenvalue weighted by molar-refractivity contribution is 0.102. The minimum atomic E-state index is -0.205. The molecule has 1 aliphatic carbocycles. The van der Waals surface area contributed by atoms with Gasteiger partial charge in [0.1, 0.15) is 5.01 Å². The van der Waals surface area contributed by atoms with Gasteiger partial charge in [-0.2, -0.15) is 0 Å². The van der Waals surface area contributed by atoms with Crippen LogP contribution in [0.5, 0.6) is 0 Å². The maximum Gasteiger partial charge on any atom is 0.257 e. The van der Waals surface area contributed by atoms with Crippen molar-refractivity contribution in [3.05, 3.63) is 39.9 Å². The molecule has 1 aliphatic rings. The van der Waals surface area contributed by atoms with Crippen LogP contribution in [0.25, 0.3) is 0 Å².